The standard InChI is InChI=1S/C11H13IO3/c1-7(2)8-3-4-10-9(5-8)11(13)6-12(10,14)15/h3-5,7H,6H2,1-2H3,(H,14,15). The van der Waals surface area contributed by atoms with Crippen LogP contribution in [-0.4, -0.2) is 13.6 Å². The van der Waals surface area contributed by atoms with Crippen LogP contribution in [0.1, 0.15) is 35.7 Å². The van der Waals surface area contributed by atoms with Crippen LogP contribution in [0.5, 0.6) is 0 Å². The number of carbonyl (C=O) groups excluding carboxylic acids is 1. The van der Waals surface area contributed by atoms with Gasteiger partial charge in [0.15, 0.2) is 0 Å². The van der Waals surface area contributed by atoms with Crippen molar-refractivity contribution >= 4 is 24.6 Å². The van der Waals surface area contributed by atoms with Gasteiger partial charge in [-0.25, -0.2) is 0 Å². The van der Waals surface area contributed by atoms with Crippen molar-refractivity contribution in [2.24, 2.45) is 0 Å². The van der Waals surface area contributed by atoms with E-state index in [2.05, 4.69) is 0 Å². The Morgan fingerprint density at radius 2 is 2.07 bits per heavy atom. The molecule has 1 aromatic rings. The Morgan fingerprint density at radius 1 is 1.40 bits per heavy atom. The predicted octanol–water partition coefficient (Wildman–Crippen LogP) is 2.47. The van der Waals surface area contributed by atoms with Crippen molar-refractivity contribution in [2.75, 3.05) is 4.43 Å². The van der Waals surface area contributed by atoms with Crippen LogP contribution in [0.3, 0.4) is 0 Å². The molecule has 0 spiro atoms. The van der Waals surface area contributed by atoms with E-state index < -0.39 is 18.8 Å². The topological polar surface area (TPSA) is 54.4 Å². The molecule has 82 valence electrons. The quantitative estimate of drug-likeness (QED) is 0.639. The van der Waals surface area contributed by atoms with E-state index in [0.717, 1.165) is 5.56 Å². The third-order valence-corrected chi connectivity index (χ3v) is 7.06. The molecule has 15 heavy (non-hydrogen) atoms. The van der Waals surface area contributed by atoms with Gasteiger partial charge >= 0.3 is 93.0 Å². The Labute approximate surface area is 92.9 Å². The minimum atomic E-state index is -4.11. The summed E-state index contributed by atoms with van der Waals surface area (Å²) in [5, 5.41) is 0. The zero-order valence-electron chi connectivity index (χ0n) is 8.66. The number of alkyl halides is 1. The van der Waals surface area contributed by atoms with Crippen LogP contribution >= 0.6 is 18.8 Å². The molecule has 1 unspecified atom stereocenters. The van der Waals surface area contributed by atoms with E-state index >= 15 is 0 Å². The van der Waals surface area contributed by atoms with Crippen LogP contribution in [0.4, 0.5) is 0 Å². The van der Waals surface area contributed by atoms with Crippen LogP contribution in [0, 0.1) is 3.57 Å². The molecule has 1 atom stereocenters. The summed E-state index contributed by atoms with van der Waals surface area (Å²) in [7, 11) is 0. The van der Waals surface area contributed by atoms with E-state index in [1.54, 1.807) is 12.1 Å². The van der Waals surface area contributed by atoms with Gasteiger partial charge in [0.2, 0.25) is 0 Å². The Hall–Kier alpha value is -0.620. The molecule has 2 rings (SSSR count). The SMILES string of the molecule is CC(C)c1ccc2c(c1)C(=O)CI2(=O)O. The summed E-state index contributed by atoms with van der Waals surface area (Å²) < 4.78 is 21.6. The van der Waals surface area contributed by atoms with Crippen molar-refractivity contribution in [2.45, 2.75) is 19.8 Å². The van der Waals surface area contributed by atoms with Gasteiger partial charge < -0.3 is 0 Å². The fraction of sp³-hybridized carbons (Fsp3) is 0.364. The summed E-state index contributed by atoms with van der Waals surface area (Å²) in [5.41, 5.74) is 1.51. The summed E-state index contributed by atoms with van der Waals surface area (Å²) in [6.45, 7) is 4.07. The Kier molecular flexibility index (Phi) is 2.50. The maximum absolute atomic E-state index is 11.7. The summed E-state index contributed by atoms with van der Waals surface area (Å²) >= 11 is -4.11. The summed E-state index contributed by atoms with van der Waals surface area (Å²) in [5.74, 6) is 0.149. The Balaban J connectivity index is 2.61. The van der Waals surface area contributed by atoms with E-state index in [9.17, 15) is 11.3 Å². The average Bonchev–Trinajstić information content (AvgIpc) is 2.37. The molecule has 1 aliphatic rings. The number of rotatable bonds is 1. The van der Waals surface area contributed by atoms with Gasteiger partial charge in [-0.1, -0.05) is 0 Å². The molecule has 4 heteroatoms. The second-order valence-electron chi connectivity index (χ2n) is 4.04. The summed E-state index contributed by atoms with van der Waals surface area (Å²) in [6.07, 6.45) is 0. The third-order valence-electron chi connectivity index (χ3n) is 2.58. The molecule has 3 nitrogen and oxygen atoms in total. The number of halogens is 1. The van der Waals surface area contributed by atoms with Crippen molar-refractivity contribution in [3.63, 3.8) is 0 Å². The minimum absolute atomic E-state index is 0.163. The van der Waals surface area contributed by atoms with Gasteiger partial charge in [0.05, 0.1) is 0 Å². The first-order valence-electron chi connectivity index (χ1n) is 4.77. The molecule has 0 bridgehead atoms. The van der Waals surface area contributed by atoms with Crippen molar-refractivity contribution in [1.29, 1.82) is 0 Å². The molecule has 0 aromatic heterocycles. The van der Waals surface area contributed by atoms with Gasteiger partial charge in [-0.15, -0.1) is 0 Å². The maximum atomic E-state index is 11.7. The second-order valence-corrected chi connectivity index (χ2v) is 9.35. The number of ketones is 1. The number of hydrogen-bond donors (Lipinski definition) is 1. The molecular weight excluding hydrogens is 307 g/mol. The first-order chi connectivity index (χ1) is 6.92. The van der Waals surface area contributed by atoms with Crippen molar-refractivity contribution in [3.8, 4) is 0 Å². The molecular formula is C11H13IO3. The van der Waals surface area contributed by atoms with Gasteiger partial charge in [-0.2, -0.15) is 0 Å². The third kappa shape index (κ3) is 1.76. The first-order valence-corrected chi connectivity index (χ1v) is 9.22. The van der Waals surface area contributed by atoms with Crippen molar-refractivity contribution in [1.82, 2.24) is 0 Å². The molecule has 0 radical (unpaired) electrons. The molecule has 1 aliphatic heterocycles. The van der Waals surface area contributed by atoms with Crippen molar-refractivity contribution < 1.29 is 11.3 Å². The van der Waals surface area contributed by atoms with Crippen LogP contribution in [0.2, 0.25) is 0 Å². The van der Waals surface area contributed by atoms with E-state index in [0.29, 0.717) is 15.1 Å². The van der Waals surface area contributed by atoms with E-state index in [-0.39, 0.29) is 10.2 Å². The fourth-order valence-electron chi connectivity index (χ4n) is 1.68. The Bertz CT molecular complexity index is 477. The molecule has 1 heterocycles. The summed E-state index contributed by atoms with van der Waals surface area (Å²) in [6, 6.07) is 5.26. The molecule has 1 N–H and O–H groups in total. The van der Waals surface area contributed by atoms with Crippen LogP contribution in [0.25, 0.3) is 0 Å². The zero-order valence-corrected chi connectivity index (χ0v) is 10.8. The molecule has 0 amide bonds. The van der Waals surface area contributed by atoms with E-state index in [1.807, 2.05) is 19.9 Å². The van der Waals surface area contributed by atoms with Crippen LogP contribution in [0.15, 0.2) is 18.2 Å². The van der Waals surface area contributed by atoms with Gasteiger partial charge in [-0.3, -0.25) is 0 Å². The number of fused-ring (bicyclic) bond motifs is 1. The van der Waals surface area contributed by atoms with Gasteiger partial charge in [-0.05, 0) is 0 Å². The van der Waals surface area contributed by atoms with Gasteiger partial charge in [0.25, 0.3) is 0 Å². The monoisotopic (exact) mass is 320 g/mol. The number of hydrogen-bond acceptors (Lipinski definition) is 2. The van der Waals surface area contributed by atoms with Crippen molar-refractivity contribution in [3.05, 3.63) is 32.9 Å². The fourth-order valence-corrected chi connectivity index (χ4v) is 5.55. The molecule has 0 fully saturated rings. The average molecular weight is 320 g/mol. The van der Waals surface area contributed by atoms with Crippen LogP contribution < -0.4 is 0 Å². The molecule has 1 aromatic carbocycles. The zero-order chi connectivity index (χ0) is 11.2. The second kappa shape index (κ2) is 3.45. The predicted molar refractivity (Wildman–Crippen MR) is 65.4 cm³/mol. The summed E-state index contributed by atoms with van der Waals surface area (Å²) in [4.78, 5) is 11.5. The Morgan fingerprint density at radius 3 is 2.67 bits per heavy atom. The molecule has 0 saturated carbocycles. The van der Waals surface area contributed by atoms with Crippen LogP contribution in [-0.2, 0) is 3.07 Å². The number of carbonyl (C=O) groups is 1. The van der Waals surface area contributed by atoms with E-state index in [4.69, 9.17) is 0 Å². The van der Waals surface area contributed by atoms with E-state index in [1.165, 1.54) is 0 Å². The number of benzene rings is 1. The number of Topliss-reactive ketones (excluding diaryl/α,β-unsaturated/α-hetero) is 1. The van der Waals surface area contributed by atoms with Gasteiger partial charge in [0, 0.05) is 0 Å². The first kappa shape index (κ1) is 10.9. The van der Waals surface area contributed by atoms with Gasteiger partial charge in [0.1, 0.15) is 0 Å². The molecule has 0 aliphatic carbocycles. The normalized spacial score (nSPS) is 28.9. The molecule has 0 saturated heterocycles.